The van der Waals surface area contributed by atoms with Crippen LogP contribution in [0.1, 0.15) is 55.2 Å². The number of carboxylic acids is 1. The predicted octanol–water partition coefficient (Wildman–Crippen LogP) is 4.39. The maximum Gasteiger partial charge on any atom is 0.347 e. The molecule has 3 rings (SSSR count). The molecule has 8 nitrogen and oxygen atoms in total. The molecule has 0 radical (unpaired) electrons. The quantitative estimate of drug-likeness (QED) is 0.486. The van der Waals surface area contributed by atoms with Gasteiger partial charge in [0.15, 0.2) is 22.8 Å². The molecule has 0 saturated heterocycles. The van der Waals surface area contributed by atoms with Gasteiger partial charge in [-0.15, -0.1) is 0 Å². The van der Waals surface area contributed by atoms with Crippen molar-refractivity contribution in [2.45, 2.75) is 45.8 Å². The second-order valence-electron chi connectivity index (χ2n) is 8.90. The Hall–Kier alpha value is -3.81. The smallest absolute Gasteiger partial charge is 0.347 e. The zero-order valence-electron chi connectivity index (χ0n) is 20.4. The summed E-state index contributed by atoms with van der Waals surface area (Å²) in [6.45, 7) is 7.46. The Morgan fingerprint density at radius 1 is 1.09 bits per heavy atom. The van der Waals surface area contributed by atoms with Crippen LogP contribution in [0.15, 0.2) is 48.5 Å². The van der Waals surface area contributed by atoms with Crippen molar-refractivity contribution >= 4 is 11.9 Å². The molecule has 34 heavy (non-hydrogen) atoms. The number of aromatic nitrogens is 2. The number of hydrogen-bond acceptors (Lipinski definition) is 5. The standard InChI is InChI=1S/C26H31N3O5/c1-16(2)18-8-10-19(11-9-18)21-14-20(28-29(21)5)24(30)27-15-17-7-12-22(23(13-17)33-6)34-26(3,4)25(31)32/h7-14,16H,15H2,1-6H3,(H,27,30)(H,31,32). The molecule has 0 saturated carbocycles. The number of nitrogens with one attached hydrogen (secondary N) is 1. The minimum Gasteiger partial charge on any atom is -0.493 e. The molecule has 0 atom stereocenters. The number of ether oxygens (including phenoxy) is 2. The third-order valence-corrected chi connectivity index (χ3v) is 5.55. The number of aryl methyl sites for hydroxylation is 1. The first-order valence-corrected chi connectivity index (χ1v) is 11.0. The van der Waals surface area contributed by atoms with E-state index in [1.165, 1.54) is 26.5 Å². The lowest BCUT2D eigenvalue weighted by atomic mass is 10.0. The number of methoxy groups -OCH3 is 1. The monoisotopic (exact) mass is 465 g/mol. The first kappa shape index (κ1) is 24.8. The van der Waals surface area contributed by atoms with Crippen LogP contribution in [0.2, 0.25) is 0 Å². The van der Waals surface area contributed by atoms with Gasteiger partial charge < -0.3 is 19.9 Å². The normalized spacial score (nSPS) is 11.4. The number of carboxylic acid groups (broad SMARTS) is 1. The molecule has 0 aliphatic heterocycles. The molecule has 1 heterocycles. The fourth-order valence-electron chi connectivity index (χ4n) is 3.38. The second-order valence-corrected chi connectivity index (χ2v) is 8.90. The summed E-state index contributed by atoms with van der Waals surface area (Å²) in [5.74, 6) is -0.248. The van der Waals surface area contributed by atoms with Gasteiger partial charge in [-0.3, -0.25) is 9.48 Å². The highest BCUT2D eigenvalue weighted by Gasteiger charge is 2.30. The third kappa shape index (κ3) is 5.57. The van der Waals surface area contributed by atoms with Gasteiger partial charge >= 0.3 is 5.97 Å². The summed E-state index contributed by atoms with van der Waals surface area (Å²) in [4.78, 5) is 24.1. The Balaban J connectivity index is 1.70. The molecule has 0 spiro atoms. The second kappa shape index (κ2) is 9.99. The Labute approximate surface area is 199 Å². The summed E-state index contributed by atoms with van der Waals surface area (Å²) >= 11 is 0. The minimum absolute atomic E-state index is 0.243. The van der Waals surface area contributed by atoms with Crippen molar-refractivity contribution in [1.82, 2.24) is 15.1 Å². The van der Waals surface area contributed by atoms with Gasteiger partial charge in [0.1, 0.15) is 0 Å². The number of rotatable bonds is 9. The molecule has 0 bridgehead atoms. The van der Waals surface area contributed by atoms with Crippen molar-refractivity contribution in [3.63, 3.8) is 0 Å². The average Bonchev–Trinajstić information content (AvgIpc) is 3.19. The first-order chi connectivity index (χ1) is 16.0. The van der Waals surface area contributed by atoms with E-state index in [9.17, 15) is 14.7 Å². The van der Waals surface area contributed by atoms with Gasteiger partial charge in [-0.2, -0.15) is 5.10 Å². The van der Waals surface area contributed by atoms with Gasteiger partial charge in [-0.25, -0.2) is 4.79 Å². The molecule has 1 aromatic heterocycles. The maximum absolute atomic E-state index is 12.7. The largest absolute Gasteiger partial charge is 0.493 e. The highest BCUT2D eigenvalue weighted by atomic mass is 16.5. The Morgan fingerprint density at radius 3 is 2.35 bits per heavy atom. The van der Waals surface area contributed by atoms with Crippen molar-refractivity contribution in [2.24, 2.45) is 7.05 Å². The van der Waals surface area contributed by atoms with E-state index in [1.54, 1.807) is 28.9 Å². The molecule has 0 unspecified atom stereocenters. The van der Waals surface area contributed by atoms with E-state index in [4.69, 9.17) is 9.47 Å². The van der Waals surface area contributed by atoms with Crippen molar-refractivity contribution in [2.75, 3.05) is 7.11 Å². The van der Waals surface area contributed by atoms with Crippen molar-refractivity contribution in [3.8, 4) is 22.8 Å². The van der Waals surface area contributed by atoms with Crippen LogP contribution in [0.25, 0.3) is 11.3 Å². The van der Waals surface area contributed by atoms with E-state index < -0.39 is 11.6 Å². The van der Waals surface area contributed by atoms with Gasteiger partial charge in [0.05, 0.1) is 12.8 Å². The number of benzene rings is 2. The van der Waals surface area contributed by atoms with E-state index in [-0.39, 0.29) is 12.5 Å². The molecule has 1 amide bonds. The number of amides is 1. The van der Waals surface area contributed by atoms with Crippen LogP contribution in [0.4, 0.5) is 0 Å². The zero-order chi connectivity index (χ0) is 25.0. The third-order valence-electron chi connectivity index (χ3n) is 5.55. The van der Waals surface area contributed by atoms with Crippen LogP contribution in [0.5, 0.6) is 11.5 Å². The Kier molecular flexibility index (Phi) is 7.29. The van der Waals surface area contributed by atoms with Crippen LogP contribution in [-0.4, -0.2) is 39.5 Å². The van der Waals surface area contributed by atoms with Crippen molar-refractivity contribution in [1.29, 1.82) is 0 Å². The topological polar surface area (TPSA) is 103 Å². The van der Waals surface area contributed by atoms with Crippen molar-refractivity contribution < 1.29 is 24.2 Å². The van der Waals surface area contributed by atoms with Crippen LogP contribution >= 0.6 is 0 Å². The molecular weight excluding hydrogens is 434 g/mol. The highest BCUT2D eigenvalue weighted by molar-refractivity contribution is 5.93. The number of nitrogens with zero attached hydrogens (tertiary/aromatic N) is 2. The summed E-state index contributed by atoms with van der Waals surface area (Å²) < 4.78 is 12.6. The summed E-state index contributed by atoms with van der Waals surface area (Å²) in [6, 6.07) is 15.1. The number of carbonyl (C=O) groups is 2. The van der Waals surface area contributed by atoms with Crippen LogP contribution in [0, 0.1) is 0 Å². The minimum atomic E-state index is -1.41. The lowest BCUT2D eigenvalue weighted by Crippen LogP contribution is -2.38. The lowest BCUT2D eigenvalue weighted by Gasteiger charge is -2.23. The SMILES string of the molecule is COc1cc(CNC(=O)c2cc(-c3ccc(C(C)C)cc3)n(C)n2)ccc1OC(C)(C)C(=O)O. The van der Waals surface area contributed by atoms with E-state index >= 15 is 0 Å². The zero-order valence-corrected chi connectivity index (χ0v) is 20.4. The molecule has 8 heteroatoms. The van der Waals surface area contributed by atoms with Gasteiger partial charge in [0.2, 0.25) is 0 Å². The fourth-order valence-corrected chi connectivity index (χ4v) is 3.38. The number of aliphatic carboxylic acids is 1. The van der Waals surface area contributed by atoms with Crippen LogP contribution in [0.3, 0.4) is 0 Å². The number of carbonyl (C=O) groups excluding carboxylic acids is 1. The van der Waals surface area contributed by atoms with Crippen LogP contribution < -0.4 is 14.8 Å². The molecule has 0 fully saturated rings. The molecule has 2 N–H and O–H groups in total. The van der Waals surface area contributed by atoms with E-state index in [2.05, 4.69) is 36.4 Å². The summed E-state index contributed by atoms with van der Waals surface area (Å²) in [5, 5.41) is 16.5. The van der Waals surface area contributed by atoms with Crippen molar-refractivity contribution in [3.05, 3.63) is 65.4 Å². The fraction of sp³-hybridized carbons (Fsp3) is 0.346. The lowest BCUT2D eigenvalue weighted by molar-refractivity contribution is -0.152. The molecular formula is C26H31N3O5. The Bertz CT molecular complexity index is 1180. The van der Waals surface area contributed by atoms with Gasteiger partial charge in [-0.05, 0) is 54.7 Å². The summed E-state index contributed by atoms with van der Waals surface area (Å²) in [7, 11) is 3.28. The van der Waals surface area contributed by atoms with E-state index in [1.807, 2.05) is 19.2 Å². The average molecular weight is 466 g/mol. The molecule has 0 aliphatic carbocycles. The van der Waals surface area contributed by atoms with E-state index in [0.717, 1.165) is 16.8 Å². The molecule has 3 aromatic rings. The Morgan fingerprint density at radius 2 is 1.76 bits per heavy atom. The summed E-state index contributed by atoms with van der Waals surface area (Å²) in [6.07, 6.45) is 0. The number of hydrogen-bond donors (Lipinski definition) is 2. The predicted molar refractivity (Wildman–Crippen MR) is 129 cm³/mol. The molecule has 180 valence electrons. The van der Waals surface area contributed by atoms with Gasteiger partial charge in [0, 0.05) is 13.6 Å². The summed E-state index contributed by atoms with van der Waals surface area (Å²) in [5.41, 5.74) is 2.77. The highest BCUT2D eigenvalue weighted by Crippen LogP contribution is 2.31. The van der Waals surface area contributed by atoms with Gasteiger partial charge in [-0.1, -0.05) is 44.2 Å². The first-order valence-electron chi connectivity index (χ1n) is 11.0. The molecule has 0 aliphatic rings. The van der Waals surface area contributed by atoms with Crippen LogP contribution in [-0.2, 0) is 18.4 Å². The maximum atomic E-state index is 12.7. The molecule has 2 aromatic carbocycles. The van der Waals surface area contributed by atoms with E-state index in [0.29, 0.717) is 23.1 Å². The van der Waals surface area contributed by atoms with Gasteiger partial charge in [0.25, 0.3) is 5.91 Å².